The molecule has 1 heterocycles. The quantitative estimate of drug-likeness (QED) is 0.741. The van der Waals surface area contributed by atoms with Gasteiger partial charge < -0.3 is 4.90 Å². The van der Waals surface area contributed by atoms with Gasteiger partial charge in [-0.25, -0.2) is 13.4 Å². The maximum atomic E-state index is 12.1. The zero-order valence-electron chi connectivity index (χ0n) is 13.9. The number of rotatable bonds is 7. The van der Waals surface area contributed by atoms with E-state index in [1.807, 2.05) is 25.1 Å². The molecule has 0 fully saturated rings. The van der Waals surface area contributed by atoms with E-state index >= 15 is 0 Å². The van der Waals surface area contributed by atoms with Gasteiger partial charge in [0, 0.05) is 19.7 Å². The largest absolute Gasteiger partial charge is 0.338 e. The number of carbonyl (C=O) groups is 2. The number of aryl methyl sites for hydroxylation is 1. The number of hydrogen-bond donors (Lipinski definition) is 0. The molecule has 1 aromatic heterocycles. The van der Waals surface area contributed by atoms with Crippen LogP contribution in [0.15, 0.2) is 18.2 Å². The molecule has 0 unspecified atom stereocenters. The summed E-state index contributed by atoms with van der Waals surface area (Å²) in [6.45, 7) is 1.96. The van der Waals surface area contributed by atoms with Crippen molar-refractivity contribution in [3.05, 3.63) is 28.8 Å². The van der Waals surface area contributed by atoms with Crippen LogP contribution in [0, 0.1) is 6.92 Å². The van der Waals surface area contributed by atoms with E-state index < -0.39 is 9.84 Å². The number of thiazole rings is 1. The SMILES string of the molecule is Cc1ccc2nc(CC(=O)CN(C)C(=O)CCS(C)(=O)=O)sc2c1. The second-order valence-corrected chi connectivity index (χ2v) is 9.30. The molecular formula is C16H20N2O4S2. The number of carbonyl (C=O) groups excluding carboxylic acids is 2. The Morgan fingerprint density at radius 2 is 2.00 bits per heavy atom. The molecule has 130 valence electrons. The van der Waals surface area contributed by atoms with Crippen LogP contribution in [0.2, 0.25) is 0 Å². The summed E-state index contributed by atoms with van der Waals surface area (Å²) in [6.07, 6.45) is 1.14. The zero-order chi connectivity index (χ0) is 17.9. The Labute approximate surface area is 145 Å². The molecule has 0 atom stereocenters. The highest BCUT2D eigenvalue weighted by atomic mass is 32.2. The topological polar surface area (TPSA) is 84.4 Å². The lowest BCUT2D eigenvalue weighted by atomic mass is 10.2. The summed E-state index contributed by atoms with van der Waals surface area (Å²) in [5.74, 6) is -0.684. The Morgan fingerprint density at radius 1 is 1.29 bits per heavy atom. The van der Waals surface area contributed by atoms with Crippen molar-refractivity contribution in [1.82, 2.24) is 9.88 Å². The summed E-state index contributed by atoms with van der Waals surface area (Å²) in [7, 11) is -1.68. The van der Waals surface area contributed by atoms with Gasteiger partial charge in [-0.05, 0) is 24.6 Å². The van der Waals surface area contributed by atoms with Crippen LogP contribution in [0.1, 0.15) is 17.0 Å². The molecule has 0 spiro atoms. The number of benzene rings is 1. The van der Waals surface area contributed by atoms with Crippen LogP contribution in [-0.2, 0) is 25.8 Å². The van der Waals surface area contributed by atoms with Gasteiger partial charge in [0.05, 0.1) is 28.9 Å². The molecule has 1 aromatic carbocycles. The van der Waals surface area contributed by atoms with Gasteiger partial charge in [0.25, 0.3) is 0 Å². The number of amides is 1. The third kappa shape index (κ3) is 5.38. The molecule has 0 saturated carbocycles. The summed E-state index contributed by atoms with van der Waals surface area (Å²) < 4.78 is 23.2. The van der Waals surface area contributed by atoms with Crippen molar-refractivity contribution < 1.29 is 18.0 Å². The Balaban J connectivity index is 1.92. The normalized spacial score (nSPS) is 11.6. The van der Waals surface area contributed by atoms with E-state index in [9.17, 15) is 18.0 Å². The van der Waals surface area contributed by atoms with E-state index in [2.05, 4.69) is 4.98 Å². The Hall–Kier alpha value is -1.80. The molecule has 0 radical (unpaired) electrons. The van der Waals surface area contributed by atoms with Gasteiger partial charge in [-0.2, -0.15) is 0 Å². The first-order chi connectivity index (χ1) is 11.1. The summed E-state index contributed by atoms with van der Waals surface area (Å²) in [5.41, 5.74) is 2.01. The molecular weight excluding hydrogens is 348 g/mol. The molecule has 2 aromatic rings. The molecule has 0 aliphatic rings. The van der Waals surface area contributed by atoms with Crippen LogP contribution in [0.4, 0.5) is 0 Å². The predicted molar refractivity (Wildman–Crippen MR) is 95.0 cm³/mol. The molecule has 0 aliphatic heterocycles. The highest BCUT2D eigenvalue weighted by Crippen LogP contribution is 2.23. The Kier molecular flexibility index (Phi) is 5.71. The van der Waals surface area contributed by atoms with Crippen LogP contribution in [0.5, 0.6) is 0 Å². The monoisotopic (exact) mass is 368 g/mol. The molecule has 2 rings (SSSR count). The molecule has 8 heteroatoms. The van der Waals surface area contributed by atoms with Crippen molar-refractivity contribution >= 4 is 43.1 Å². The van der Waals surface area contributed by atoms with Crippen LogP contribution >= 0.6 is 11.3 Å². The minimum absolute atomic E-state index is 0.0441. The maximum Gasteiger partial charge on any atom is 0.223 e. The number of sulfone groups is 1. The number of Topliss-reactive ketones (excluding diaryl/α,β-unsaturated/α-hetero) is 1. The number of hydrogen-bond acceptors (Lipinski definition) is 6. The maximum absolute atomic E-state index is 12.1. The van der Waals surface area contributed by atoms with Gasteiger partial charge in [0.2, 0.25) is 5.91 Å². The molecule has 0 aliphatic carbocycles. The molecule has 0 saturated heterocycles. The minimum atomic E-state index is -3.19. The average Bonchev–Trinajstić information content (AvgIpc) is 2.84. The minimum Gasteiger partial charge on any atom is -0.338 e. The lowest BCUT2D eigenvalue weighted by Crippen LogP contribution is -2.33. The smallest absolute Gasteiger partial charge is 0.223 e. The molecule has 24 heavy (non-hydrogen) atoms. The highest BCUT2D eigenvalue weighted by Gasteiger charge is 2.16. The molecule has 1 amide bonds. The van der Waals surface area contributed by atoms with Crippen molar-refractivity contribution in [2.24, 2.45) is 0 Å². The second kappa shape index (κ2) is 7.40. The Bertz CT molecular complexity index is 871. The van der Waals surface area contributed by atoms with Crippen molar-refractivity contribution in [3.63, 3.8) is 0 Å². The zero-order valence-corrected chi connectivity index (χ0v) is 15.5. The highest BCUT2D eigenvalue weighted by molar-refractivity contribution is 7.90. The van der Waals surface area contributed by atoms with E-state index in [4.69, 9.17) is 0 Å². The summed E-state index contributed by atoms with van der Waals surface area (Å²) in [5, 5.41) is 0.720. The van der Waals surface area contributed by atoms with Gasteiger partial charge in [-0.1, -0.05) is 6.07 Å². The van der Waals surface area contributed by atoms with Crippen molar-refractivity contribution in [2.75, 3.05) is 25.6 Å². The predicted octanol–water partition coefficient (Wildman–Crippen LogP) is 1.61. The first kappa shape index (κ1) is 18.5. The molecule has 0 bridgehead atoms. The first-order valence-corrected chi connectivity index (χ1v) is 10.3. The standard InChI is InChI=1S/C16H20N2O4S2/c1-11-4-5-13-14(8-11)23-15(17-13)9-12(19)10-18(2)16(20)6-7-24(3,21)22/h4-5,8H,6-7,9-10H2,1-3H3. The summed E-state index contributed by atoms with van der Waals surface area (Å²) in [6, 6.07) is 5.93. The third-order valence-corrected chi connectivity index (χ3v) is 5.43. The van der Waals surface area contributed by atoms with Gasteiger partial charge in [-0.3, -0.25) is 9.59 Å². The van der Waals surface area contributed by atoms with Crippen LogP contribution in [0.3, 0.4) is 0 Å². The van der Waals surface area contributed by atoms with E-state index in [1.54, 1.807) is 0 Å². The van der Waals surface area contributed by atoms with E-state index in [0.29, 0.717) is 0 Å². The van der Waals surface area contributed by atoms with E-state index in [0.717, 1.165) is 27.0 Å². The van der Waals surface area contributed by atoms with Gasteiger partial charge in [0.1, 0.15) is 14.8 Å². The van der Waals surface area contributed by atoms with Crippen molar-refractivity contribution in [2.45, 2.75) is 19.8 Å². The number of fused-ring (bicyclic) bond motifs is 1. The lowest BCUT2D eigenvalue weighted by molar-refractivity contribution is -0.133. The number of nitrogens with zero attached hydrogens (tertiary/aromatic N) is 2. The van der Waals surface area contributed by atoms with Crippen LogP contribution in [-0.4, -0.2) is 55.6 Å². The number of likely N-dealkylation sites (N-methyl/N-ethyl adjacent to an activating group) is 1. The van der Waals surface area contributed by atoms with Crippen molar-refractivity contribution in [1.29, 1.82) is 0 Å². The van der Waals surface area contributed by atoms with Gasteiger partial charge in [-0.15, -0.1) is 11.3 Å². The Morgan fingerprint density at radius 3 is 2.67 bits per heavy atom. The molecule has 6 nitrogen and oxygen atoms in total. The average molecular weight is 368 g/mol. The number of ketones is 1. The van der Waals surface area contributed by atoms with Crippen LogP contribution in [0.25, 0.3) is 10.2 Å². The van der Waals surface area contributed by atoms with Crippen molar-refractivity contribution in [3.8, 4) is 0 Å². The fourth-order valence-corrected chi connectivity index (χ4v) is 3.84. The number of aromatic nitrogens is 1. The fraction of sp³-hybridized carbons (Fsp3) is 0.438. The molecule has 0 N–H and O–H groups in total. The summed E-state index contributed by atoms with van der Waals surface area (Å²) >= 11 is 1.47. The second-order valence-electron chi connectivity index (χ2n) is 5.92. The van der Waals surface area contributed by atoms with Gasteiger partial charge in [0.15, 0.2) is 5.78 Å². The van der Waals surface area contributed by atoms with Gasteiger partial charge >= 0.3 is 0 Å². The van der Waals surface area contributed by atoms with Crippen LogP contribution < -0.4 is 0 Å². The fourth-order valence-electron chi connectivity index (χ4n) is 2.20. The lowest BCUT2D eigenvalue weighted by Gasteiger charge is -2.15. The third-order valence-electron chi connectivity index (χ3n) is 3.46. The van der Waals surface area contributed by atoms with E-state index in [1.165, 1.54) is 23.3 Å². The summed E-state index contributed by atoms with van der Waals surface area (Å²) in [4.78, 5) is 29.7. The van der Waals surface area contributed by atoms with E-state index in [-0.39, 0.29) is 36.8 Å². The first-order valence-electron chi connectivity index (χ1n) is 7.43.